The molecule has 30 heavy (non-hydrogen) atoms. The quantitative estimate of drug-likeness (QED) is 0.560. The van der Waals surface area contributed by atoms with E-state index >= 15 is 0 Å². The summed E-state index contributed by atoms with van der Waals surface area (Å²) in [6.45, 7) is 1.25. The molecule has 1 aromatic heterocycles. The Labute approximate surface area is 175 Å². The minimum Gasteiger partial charge on any atom is -0.495 e. The van der Waals surface area contributed by atoms with Gasteiger partial charge in [0.05, 0.1) is 25.6 Å². The van der Waals surface area contributed by atoms with Gasteiger partial charge in [-0.05, 0) is 55.6 Å². The largest absolute Gasteiger partial charge is 0.495 e. The molecule has 0 spiro atoms. The maximum absolute atomic E-state index is 12.5. The van der Waals surface area contributed by atoms with Crippen LogP contribution in [0, 0.1) is 0 Å². The van der Waals surface area contributed by atoms with Crippen molar-refractivity contribution in [2.24, 2.45) is 0 Å². The average Bonchev–Trinajstić information content (AvgIpc) is 3.26. The van der Waals surface area contributed by atoms with Crippen molar-refractivity contribution in [3.8, 4) is 5.75 Å². The molecule has 2 amide bonds. The van der Waals surface area contributed by atoms with E-state index in [0.29, 0.717) is 42.2 Å². The smallest absolute Gasteiger partial charge is 0.255 e. The molecule has 2 aromatic carbocycles. The number of furan rings is 1. The molecule has 0 saturated heterocycles. The molecule has 0 aliphatic rings. The molecule has 0 radical (unpaired) electrons. The number of carbonyl (C=O) groups excluding carboxylic acids is 2. The lowest BCUT2D eigenvalue weighted by molar-refractivity contribution is -0.116. The standard InChI is InChI=1S/C23H25N3O4/c1-26(16-19-6-5-15-30-19)14-13-22(27)24-18-11-9-17(10-12-18)23(28)25-20-7-3-4-8-21(20)29-2/h3-12,15H,13-14,16H2,1-2H3,(H,24,27)(H,25,28). The Morgan fingerprint density at radius 3 is 2.47 bits per heavy atom. The van der Waals surface area contributed by atoms with E-state index in [-0.39, 0.29) is 11.8 Å². The van der Waals surface area contributed by atoms with Crippen molar-refractivity contribution >= 4 is 23.2 Å². The highest BCUT2D eigenvalue weighted by Crippen LogP contribution is 2.23. The van der Waals surface area contributed by atoms with Crippen LogP contribution in [0.3, 0.4) is 0 Å². The summed E-state index contributed by atoms with van der Waals surface area (Å²) in [5.74, 6) is 1.11. The Hall–Kier alpha value is -3.58. The fourth-order valence-corrected chi connectivity index (χ4v) is 2.91. The van der Waals surface area contributed by atoms with E-state index in [1.165, 1.54) is 0 Å². The third kappa shape index (κ3) is 5.96. The zero-order valence-electron chi connectivity index (χ0n) is 17.1. The van der Waals surface area contributed by atoms with E-state index in [1.54, 1.807) is 49.8 Å². The SMILES string of the molecule is COc1ccccc1NC(=O)c1ccc(NC(=O)CCN(C)Cc2ccco2)cc1. The summed E-state index contributed by atoms with van der Waals surface area (Å²) in [4.78, 5) is 26.7. The highest BCUT2D eigenvalue weighted by atomic mass is 16.5. The van der Waals surface area contributed by atoms with Crippen LogP contribution in [0.25, 0.3) is 0 Å². The molecule has 0 unspecified atom stereocenters. The molecule has 0 aliphatic heterocycles. The molecule has 0 bridgehead atoms. The number of amides is 2. The Bertz CT molecular complexity index is 968. The van der Waals surface area contributed by atoms with Gasteiger partial charge in [-0.3, -0.25) is 14.5 Å². The van der Waals surface area contributed by atoms with Gasteiger partial charge in [-0.25, -0.2) is 0 Å². The van der Waals surface area contributed by atoms with Crippen LogP contribution in [0.15, 0.2) is 71.3 Å². The topological polar surface area (TPSA) is 83.8 Å². The van der Waals surface area contributed by atoms with Gasteiger partial charge in [0.1, 0.15) is 11.5 Å². The highest BCUT2D eigenvalue weighted by molar-refractivity contribution is 6.05. The van der Waals surface area contributed by atoms with Crippen LogP contribution in [0.5, 0.6) is 5.75 Å². The summed E-state index contributed by atoms with van der Waals surface area (Å²) >= 11 is 0. The summed E-state index contributed by atoms with van der Waals surface area (Å²) in [7, 11) is 3.49. The molecule has 2 N–H and O–H groups in total. The van der Waals surface area contributed by atoms with Gasteiger partial charge in [-0.1, -0.05) is 12.1 Å². The number of carbonyl (C=O) groups is 2. The van der Waals surface area contributed by atoms with Gasteiger partial charge in [-0.2, -0.15) is 0 Å². The number of ether oxygens (including phenoxy) is 1. The monoisotopic (exact) mass is 407 g/mol. The Balaban J connectivity index is 1.48. The highest BCUT2D eigenvalue weighted by Gasteiger charge is 2.11. The van der Waals surface area contributed by atoms with Crippen molar-refractivity contribution in [3.63, 3.8) is 0 Å². The Kier molecular flexibility index (Phi) is 7.24. The van der Waals surface area contributed by atoms with Crippen molar-refractivity contribution in [2.75, 3.05) is 31.3 Å². The molecule has 3 aromatic rings. The number of methoxy groups -OCH3 is 1. The lowest BCUT2D eigenvalue weighted by Gasteiger charge is -2.15. The number of benzene rings is 2. The molecule has 7 heteroatoms. The van der Waals surface area contributed by atoms with Gasteiger partial charge < -0.3 is 19.8 Å². The van der Waals surface area contributed by atoms with Crippen molar-refractivity contribution in [3.05, 3.63) is 78.3 Å². The van der Waals surface area contributed by atoms with Crippen LogP contribution in [-0.2, 0) is 11.3 Å². The molecule has 0 fully saturated rings. The molecular weight excluding hydrogens is 382 g/mol. The predicted octanol–water partition coefficient (Wildman–Crippen LogP) is 4.00. The molecule has 3 rings (SSSR count). The summed E-state index contributed by atoms with van der Waals surface area (Å²) in [5.41, 5.74) is 1.72. The molecule has 0 atom stereocenters. The first-order valence-electron chi connectivity index (χ1n) is 9.60. The number of nitrogens with one attached hydrogen (secondary N) is 2. The second-order valence-corrected chi connectivity index (χ2v) is 6.85. The first-order valence-corrected chi connectivity index (χ1v) is 9.60. The minimum absolute atomic E-state index is 0.0903. The van der Waals surface area contributed by atoms with Crippen LogP contribution in [-0.4, -0.2) is 37.4 Å². The number of nitrogens with zero attached hydrogens (tertiary/aromatic N) is 1. The predicted molar refractivity (Wildman–Crippen MR) is 116 cm³/mol. The van der Waals surface area contributed by atoms with Crippen LogP contribution in [0.1, 0.15) is 22.5 Å². The van der Waals surface area contributed by atoms with Crippen LogP contribution >= 0.6 is 0 Å². The fourth-order valence-electron chi connectivity index (χ4n) is 2.91. The van der Waals surface area contributed by atoms with E-state index in [9.17, 15) is 9.59 Å². The fraction of sp³-hybridized carbons (Fsp3) is 0.217. The summed E-state index contributed by atoms with van der Waals surface area (Å²) in [6, 6.07) is 17.7. The lowest BCUT2D eigenvalue weighted by Crippen LogP contribution is -2.23. The second-order valence-electron chi connectivity index (χ2n) is 6.85. The van der Waals surface area contributed by atoms with Gasteiger partial charge in [0, 0.05) is 24.2 Å². The van der Waals surface area contributed by atoms with Crippen molar-refractivity contribution in [2.45, 2.75) is 13.0 Å². The first-order chi connectivity index (χ1) is 14.5. The van der Waals surface area contributed by atoms with Gasteiger partial charge in [0.15, 0.2) is 0 Å². The Morgan fingerprint density at radius 2 is 1.77 bits per heavy atom. The third-order valence-electron chi connectivity index (χ3n) is 4.51. The number of rotatable bonds is 9. The van der Waals surface area contributed by atoms with Gasteiger partial charge >= 0.3 is 0 Å². The lowest BCUT2D eigenvalue weighted by atomic mass is 10.2. The van der Waals surface area contributed by atoms with Gasteiger partial charge in [0.25, 0.3) is 5.91 Å². The van der Waals surface area contributed by atoms with E-state index in [4.69, 9.17) is 9.15 Å². The van der Waals surface area contributed by atoms with E-state index < -0.39 is 0 Å². The number of hydrogen-bond acceptors (Lipinski definition) is 5. The molecule has 156 valence electrons. The van der Waals surface area contributed by atoms with Gasteiger partial charge in [0.2, 0.25) is 5.91 Å². The van der Waals surface area contributed by atoms with Crippen LogP contribution < -0.4 is 15.4 Å². The molecule has 0 saturated carbocycles. The summed E-state index contributed by atoms with van der Waals surface area (Å²) < 4.78 is 10.5. The van der Waals surface area contributed by atoms with Crippen LogP contribution in [0.2, 0.25) is 0 Å². The van der Waals surface area contributed by atoms with Crippen molar-refractivity contribution in [1.29, 1.82) is 0 Å². The minimum atomic E-state index is -0.253. The normalized spacial score (nSPS) is 10.6. The number of hydrogen-bond donors (Lipinski definition) is 2. The maximum atomic E-state index is 12.5. The Morgan fingerprint density at radius 1 is 1.00 bits per heavy atom. The van der Waals surface area contributed by atoms with E-state index in [0.717, 1.165) is 5.76 Å². The summed E-state index contributed by atoms with van der Waals surface area (Å²) in [6.07, 6.45) is 1.99. The third-order valence-corrected chi connectivity index (χ3v) is 4.51. The van der Waals surface area contributed by atoms with Gasteiger partial charge in [-0.15, -0.1) is 0 Å². The molecular formula is C23H25N3O4. The molecule has 7 nitrogen and oxygen atoms in total. The second kappa shape index (κ2) is 10.3. The molecule has 0 aliphatic carbocycles. The van der Waals surface area contributed by atoms with E-state index in [1.807, 2.05) is 36.2 Å². The summed E-state index contributed by atoms with van der Waals surface area (Å²) in [5, 5.41) is 5.67. The van der Waals surface area contributed by atoms with Crippen LogP contribution in [0.4, 0.5) is 11.4 Å². The average molecular weight is 407 g/mol. The zero-order chi connectivity index (χ0) is 21.3. The number of para-hydroxylation sites is 2. The van der Waals surface area contributed by atoms with Crippen molar-refractivity contribution < 1.29 is 18.7 Å². The number of anilines is 2. The maximum Gasteiger partial charge on any atom is 0.255 e. The molecule has 1 heterocycles. The van der Waals surface area contributed by atoms with Crippen molar-refractivity contribution in [1.82, 2.24) is 4.90 Å². The first kappa shape index (κ1) is 21.1. The zero-order valence-corrected chi connectivity index (χ0v) is 17.1. The van der Waals surface area contributed by atoms with E-state index in [2.05, 4.69) is 10.6 Å².